The summed E-state index contributed by atoms with van der Waals surface area (Å²) in [4.78, 5) is 0. The Labute approximate surface area is 119 Å². The second-order valence-corrected chi connectivity index (χ2v) is 4.50. The fraction of sp³-hybridized carbons (Fsp3) is 0.500. The zero-order valence-corrected chi connectivity index (χ0v) is 11.8. The van der Waals surface area contributed by atoms with Crippen LogP contribution in [0.1, 0.15) is 26.2 Å². The molecular formula is C14H21N5O. The summed E-state index contributed by atoms with van der Waals surface area (Å²) in [6, 6.07) is 9.82. The van der Waals surface area contributed by atoms with Crippen molar-refractivity contribution in [3.05, 3.63) is 30.3 Å². The summed E-state index contributed by atoms with van der Waals surface area (Å²) >= 11 is 0. The van der Waals surface area contributed by atoms with Gasteiger partial charge in [0.2, 0.25) is 5.95 Å². The highest BCUT2D eigenvalue weighted by Crippen LogP contribution is 2.10. The molecular weight excluding hydrogens is 254 g/mol. The van der Waals surface area contributed by atoms with Gasteiger partial charge >= 0.3 is 0 Å². The molecule has 1 aromatic heterocycles. The van der Waals surface area contributed by atoms with Crippen LogP contribution in [-0.4, -0.2) is 40.0 Å². The number of ether oxygens (including phenoxy) is 1. The molecule has 0 amide bonds. The zero-order valence-electron chi connectivity index (χ0n) is 11.8. The summed E-state index contributed by atoms with van der Waals surface area (Å²) < 4.78 is 7.20. The van der Waals surface area contributed by atoms with Gasteiger partial charge in [0, 0.05) is 19.8 Å². The van der Waals surface area contributed by atoms with Crippen molar-refractivity contribution in [1.29, 1.82) is 0 Å². The van der Waals surface area contributed by atoms with Crippen LogP contribution in [0.15, 0.2) is 30.3 Å². The summed E-state index contributed by atoms with van der Waals surface area (Å²) in [6.07, 6.45) is 3.23. The van der Waals surface area contributed by atoms with Gasteiger partial charge in [0.1, 0.15) is 0 Å². The largest absolute Gasteiger partial charge is 0.381 e. The van der Waals surface area contributed by atoms with Crippen molar-refractivity contribution in [2.45, 2.75) is 26.2 Å². The lowest BCUT2D eigenvalue weighted by Gasteiger charge is -2.07. The molecule has 0 bridgehead atoms. The predicted molar refractivity (Wildman–Crippen MR) is 78.0 cm³/mol. The summed E-state index contributed by atoms with van der Waals surface area (Å²) in [5.41, 5.74) is 0.944. The van der Waals surface area contributed by atoms with Crippen molar-refractivity contribution in [2.75, 3.05) is 25.1 Å². The number of anilines is 1. The van der Waals surface area contributed by atoms with E-state index in [1.807, 2.05) is 30.3 Å². The van der Waals surface area contributed by atoms with Crippen molar-refractivity contribution in [3.8, 4) is 5.69 Å². The number of unbranched alkanes of at least 4 members (excludes halogenated alkanes) is 1. The Morgan fingerprint density at radius 2 is 1.95 bits per heavy atom. The van der Waals surface area contributed by atoms with Gasteiger partial charge in [0.05, 0.1) is 5.69 Å². The maximum atomic E-state index is 5.51. The third kappa shape index (κ3) is 4.31. The fourth-order valence-corrected chi connectivity index (χ4v) is 1.76. The van der Waals surface area contributed by atoms with E-state index in [-0.39, 0.29) is 0 Å². The van der Waals surface area contributed by atoms with Gasteiger partial charge in [-0.25, -0.2) is 0 Å². The van der Waals surface area contributed by atoms with E-state index in [1.54, 1.807) is 4.68 Å². The molecule has 0 aliphatic carbocycles. The van der Waals surface area contributed by atoms with E-state index in [0.29, 0.717) is 5.95 Å². The minimum absolute atomic E-state index is 0.657. The quantitative estimate of drug-likeness (QED) is 0.711. The van der Waals surface area contributed by atoms with Crippen LogP contribution in [0.25, 0.3) is 5.69 Å². The number of para-hydroxylation sites is 1. The molecule has 2 rings (SSSR count). The first-order valence-electron chi connectivity index (χ1n) is 7.07. The first-order valence-corrected chi connectivity index (χ1v) is 7.07. The van der Waals surface area contributed by atoms with Crippen LogP contribution in [0.3, 0.4) is 0 Å². The molecule has 2 aromatic rings. The molecule has 108 valence electrons. The van der Waals surface area contributed by atoms with Crippen molar-refractivity contribution >= 4 is 5.95 Å². The average Bonchev–Trinajstić information content (AvgIpc) is 2.96. The SMILES string of the molecule is CCCCOCCCNc1nnnn1-c1ccccc1. The highest BCUT2D eigenvalue weighted by atomic mass is 16.5. The molecule has 6 heteroatoms. The van der Waals surface area contributed by atoms with Crippen molar-refractivity contribution in [2.24, 2.45) is 0 Å². The molecule has 0 saturated heterocycles. The Morgan fingerprint density at radius 1 is 1.15 bits per heavy atom. The number of aromatic nitrogens is 4. The van der Waals surface area contributed by atoms with E-state index < -0.39 is 0 Å². The Hall–Kier alpha value is -1.95. The van der Waals surface area contributed by atoms with E-state index >= 15 is 0 Å². The Bertz CT molecular complexity index is 485. The minimum Gasteiger partial charge on any atom is -0.381 e. The molecule has 0 fully saturated rings. The van der Waals surface area contributed by atoms with Crippen molar-refractivity contribution in [3.63, 3.8) is 0 Å². The molecule has 0 radical (unpaired) electrons. The second-order valence-electron chi connectivity index (χ2n) is 4.50. The molecule has 1 N–H and O–H groups in total. The molecule has 0 unspecified atom stereocenters. The van der Waals surface area contributed by atoms with E-state index in [4.69, 9.17) is 4.74 Å². The van der Waals surface area contributed by atoms with Gasteiger partial charge < -0.3 is 10.1 Å². The lowest BCUT2D eigenvalue weighted by atomic mass is 10.3. The molecule has 6 nitrogen and oxygen atoms in total. The van der Waals surface area contributed by atoms with Gasteiger partial charge in [0.25, 0.3) is 0 Å². The number of nitrogens with zero attached hydrogens (tertiary/aromatic N) is 4. The zero-order chi connectivity index (χ0) is 14.0. The highest BCUT2D eigenvalue weighted by Gasteiger charge is 2.06. The van der Waals surface area contributed by atoms with Crippen LogP contribution in [0.5, 0.6) is 0 Å². The molecule has 0 aliphatic heterocycles. The highest BCUT2D eigenvalue weighted by molar-refractivity contribution is 5.38. The lowest BCUT2D eigenvalue weighted by molar-refractivity contribution is 0.131. The molecule has 1 aromatic carbocycles. The van der Waals surface area contributed by atoms with Gasteiger partial charge in [-0.1, -0.05) is 36.6 Å². The van der Waals surface area contributed by atoms with E-state index in [0.717, 1.165) is 38.3 Å². The topological polar surface area (TPSA) is 64.9 Å². The minimum atomic E-state index is 0.657. The summed E-state index contributed by atoms with van der Waals surface area (Å²) in [6.45, 7) is 4.56. The van der Waals surface area contributed by atoms with Gasteiger partial charge in [-0.3, -0.25) is 0 Å². The molecule has 0 saturated carbocycles. The van der Waals surface area contributed by atoms with E-state index in [2.05, 4.69) is 27.8 Å². The van der Waals surface area contributed by atoms with Crippen LogP contribution in [-0.2, 0) is 4.74 Å². The van der Waals surface area contributed by atoms with Gasteiger partial charge in [-0.2, -0.15) is 4.68 Å². The Kier molecular flexibility index (Phi) is 5.98. The Balaban J connectivity index is 1.76. The number of hydrogen-bond donors (Lipinski definition) is 1. The standard InChI is InChI=1S/C14H21N5O/c1-2-3-11-20-12-7-10-15-14-16-17-18-19(14)13-8-5-4-6-9-13/h4-6,8-9H,2-3,7,10-12H2,1H3,(H,15,16,18). The number of benzene rings is 1. The third-order valence-corrected chi connectivity index (χ3v) is 2.86. The van der Waals surface area contributed by atoms with Gasteiger partial charge in [-0.05, 0) is 35.4 Å². The summed E-state index contributed by atoms with van der Waals surface area (Å²) in [7, 11) is 0. The average molecular weight is 275 g/mol. The maximum absolute atomic E-state index is 5.51. The lowest BCUT2D eigenvalue weighted by Crippen LogP contribution is -2.11. The second kappa shape index (κ2) is 8.27. The normalized spacial score (nSPS) is 10.7. The smallest absolute Gasteiger partial charge is 0.247 e. The number of hydrogen-bond acceptors (Lipinski definition) is 5. The van der Waals surface area contributed by atoms with E-state index in [9.17, 15) is 0 Å². The summed E-state index contributed by atoms with van der Waals surface area (Å²) in [5, 5.41) is 14.9. The van der Waals surface area contributed by atoms with Crippen LogP contribution >= 0.6 is 0 Å². The van der Waals surface area contributed by atoms with Gasteiger partial charge in [-0.15, -0.1) is 0 Å². The fourth-order valence-electron chi connectivity index (χ4n) is 1.76. The first kappa shape index (κ1) is 14.5. The third-order valence-electron chi connectivity index (χ3n) is 2.86. The molecule has 1 heterocycles. The monoisotopic (exact) mass is 275 g/mol. The van der Waals surface area contributed by atoms with Crippen LogP contribution < -0.4 is 5.32 Å². The van der Waals surface area contributed by atoms with Crippen LogP contribution in [0, 0.1) is 0 Å². The van der Waals surface area contributed by atoms with Crippen molar-refractivity contribution < 1.29 is 4.74 Å². The number of nitrogens with one attached hydrogen (secondary N) is 1. The van der Waals surface area contributed by atoms with Crippen molar-refractivity contribution in [1.82, 2.24) is 20.2 Å². The molecule has 0 atom stereocenters. The maximum Gasteiger partial charge on any atom is 0.247 e. The molecule has 0 aliphatic rings. The van der Waals surface area contributed by atoms with E-state index in [1.165, 1.54) is 6.42 Å². The van der Waals surface area contributed by atoms with Crippen LogP contribution in [0.2, 0.25) is 0 Å². The molecule has 0 spiro atoms. The Morgan fingerprint density at radius 3 is 2.75 bits per heavy atom. The predicted octanol–water partition coefficient (Wildman–Crippen LogP) is 2.28. The number of rotatable bonds is 9. The summed E-state index contributed by atoms with van der Waals surface area (Å²) in [5.74, 6) is 0.657. The molecule has 20 heavy (non-hydrogen) atoms. The number of tetrazole rings is 1. The van der Waals surface area contributed by atoms with Crippen LogP contribution in [0.4, 0.5) is 5.95 Å². The van der Waals surface area contributed by atoms with Gasteiger partial charge in [0.15, 0.2) is 0 Å². The first-order chi connectivity index (χ1) is 9.92.